The van der Waals surface area contributed by atoms with Crippen molar-refractivity contribution in [3.8, 4) is 11.5 Å². The van der Waals surface area contributed by atoms with Crippen molar-refractivity contribution in [2.45, 2.75) is 6.61 Å². The zero-order chi connectivity index (χ0) is 19.1. The lowest BCUT2D eigenvalue weighted by molar-refractivity contribution is 0.0952. The van der Waals surface area contributed by atoms with Gasteiger partial charge in [0.2, 0.25) is 0 Å². The van der Waals surface area contributed by atoms with Crippen molar-refractivity contribution in [2.24, 2.45) is 5.10 Å². The van der Waals surface area contributed by atoms with E-state index in [4.69, 9.17) is 16.3 Å². The number of aromatic hydroxyl groups is 1. The van der Waals surface area contributed by atoms with Crippen molar-refractivity contribution >= 4 is 23.7 Å². The molecule has 0 radical (unpaired) electrons. The lowest BCUT2D eigenvalue weighted by Gasteiger charge is -2.07. The summed E-state index contributed by atoms with van der Waals surface area (Å²) in [6.45, 7) is 0.379. The first-order chi connectivity index (χ1) is 13.1. The third-order valence-electron chi connectivity index (χ3n) is 3.76. The summed E-state index contributed by atoms with van der Waals surface area (Å²) in [6.07, 6.45) is 1.51. The summed E-state index contributed by atoms with van der Waals surface area (Å²) in [7, 11) is 0. The molecule has 0 aliphatic carbocycles. The van der Waals surface area contributed by atoms with E-state index in [0.29, 0.717) is 17.4 Å². The number of nitrogens with zero attached hydrogens (tertiary/aromatic N) is 1. The zero-order valence-electron chi connectivity index (χ0n) is 14.3. The average molecular weight is 381 g/mol. The van der Waals surface area contributed by atoms with Gasteiger partial charge in [0.1, 0.15) is 18.1 Å². The molecule has 3 aromatic rings. The van der Waals surface area contributed by atoms with Crippen LogP contribution in [0.3, 0.4) is 0 Å². The fraction of sp³-hybridized carbons (Fsp3) is 0.0476. The van der Waals surface area contributed by atoms with Crippen LogP contribution in [0.1, 0.15) is 21.5 Å². The van der Waals surface area contributed by atoms with Crippen molar-refractivity contribution in [3.63, 3.8) is 0 Å². The number of carbonyl (C=O) groups is 1. The van der Waals surface area contributed by atoms with E-state index in [-0.39, 0.29) is 11.3 Å². The van der Waals surface area contributed by atoms with Crippen molar-refractivity contribution in [3.05, 3.63) is 94.5 Å². The summed E-state index contributed by atoms with van der Waals surface area (Å²) < 4.78 is 5.72. The number of nitrogens with one attached hydrogen (secondary N) is 1. The largest absolute Gasteiger partial charge is 0.507 e. The second-order valence-electron chi connectivity index (χ2n) is 5.67. The van der Waals surface area contributed by atoms with E-state index >= 15 is 0 Å². The molecule has 0 aliphatic heterocycles. The summed E-state index contributed by atoms with van der Waals surface area (Å²) in [5.41, 5.74) is 4.25. The Bertz CT molecular complexity index is 956. The molecule has 0 bridgehead atoms. The van der Waals surface area contributed by atoms with Crippen LogP contribution in [0.25, 0.3) is 0 Å². The second kappa shape index (κ2) is 8.87. The topological polar surface area (TPSA) is 70.9 Å². The number of hydrazone groups is 1. The number of ether oxygens (including phenoxy) is 1. The Labute approximate surface area is 161 Å². The maximum Gasteiger partial charge on any atom is 0.275 e. The van der Waals surface area contributed by atoms with Crippen LogP contribution in [0.4, 0.5) is 0 Å². The Morgan fingerprint density at radius 3 is 2.48 bits per heavy atom. The van der Waals surface area contributed by atoms with Crippen LogP contribution in [0.15, 0.2) is 77.9 Å². The van der Waals surface area contributed by atoms with Gasteiger partial charge in [0.25, 0.3) is 5.91 Å². The average Bonchev–Trinajstić information content (AvgIpc) is 2.68. The van der Waals surface area contributed by atoms with Crippen LogP contribution in [0, 0.1) is 0 Å². The van der Waals surface area contributed by atoms with E-state index in [1.807, 2.05) is 48.5 Å². The molecule has 0 spiro atoms. The number of phenolic OH excluding ortho intramolecular Hbond substituents is 1. The summed E-state index contributed by atoms with van der Waals surface area (Å²) in [4.78, 5) is 11.9. The highest BCUT2D eigenvalue weighted by molar-refractivity contribution is 6.31. The molecule has 6 heteroatoms. The minimum absolute atomic E-state index is 0.0924. The van der Waals surface area contributed by atoms with Crippen LogP contribution >= 0.6 is 11.6 Å². The first-order valence-corrected chi connectivity index (χ1v) is 8.59. The Morgan fingerprint density at radius 1 is 1.04 bits per heavy atom. The van der Waals surface area contributed by atoms with Crippen LogP contribution in [0.5, 0.6) is 11.5 Å². The van der Waals surface area contributed by atoms with E-state index in [9.17, 15) is 9.90 Å². The number of amides is 1. The number of hydrogen-bond donors (Lipinski definition) is 2. The molecular formula is C21H17ClN2O3. The van der Waals surface area contributed by atoms with Gasteiger partial charge in [-0.15, -0.1) is 0 Å². The summed E-state index contributed by atoms with van der Waals surface area (Å²) in [6, 6.07) is 21.0. The lowest BCUT2D eigenvalue weighted by Crippen LogP contribution is -2.17. The molecule has 0 aromatic heterocycles. The van der Waals surface area contributed by atoms with Gasteiger partial charge < -0.3 is 9.84 Å². The number of halogens is 1. The van der Waals surface area contributed by atoms with Crippen molar-refractivity contribution < 1.29 is 14.6 Å². The first-order valence-electron chi connectivity index (χ1n) is 8.21. The Balaban J connectivity index is 1.54. The van der Waals surface area contributed by atoms with Crippen LogP contribution < -0.4 is 10.2 Å². The molecule has 136 valence electrons. The summed E-state index contributed by atoms with van der Waals surface area (Å²) in [5.74, 6) is 0.125. The van der Waals surface area contributed by atoms with Gasteiger partial charge in [0.15, 0.2) is 0 Å². The molecule has 0 fully saturated rings. The predicted molar refractivity (Wildman–Crippen MR) is 105 cm³/mol. The van der Waals surface area contributed by atoms with Crippen LogP contribution in [-0.2, 0) is 6.61 Å². The smallest absolute Gasteiger partial charge is 0.275 e. The maximum absolute atomic E-state index is 11.9. The van der Waals surface area contributed by atoms with Gasteiger partial charge in [0, 0.05) is 10.6 Å². The molecular weight excluding hydrogens is 364 g/mol. The molecule has 0 aliphatic rings. The maximum atomic E-state index is 11.9. The quantitative estimate of drug-likeness (QED) is 0.492. The third-order valence-corrected chi connectivity index (χ3v) is 4.13. The molecule has 3 aromatic carbocycles. The first kappa shape index (κ1) is 18.5. The minimum Gasteiger partial charge on any atom is -0.507 e. The molecule has 0 heterocycles. The highest BCUT2D eigenvalue weighted by atomic mass is 35.5. The molecule has 5 nitrogen and oxygen atoms in total. The van der Waals surface area contributed by atoms with E-state index in [1.54, 1.807) is 12.1 Å². The van der Waals surface area contributed by atoms with E-state index in [2.05, 4.69) is 10.5 Å². The predicted octanol–water partition coefficient (Wildman–Crippen LogP) is 4.39. The van der Waals surface area contributed by atoms with Gasteiger partial charge in [-0.3, -0.25) is 4.79 Å². The standard InChI is InChI=1S/C21H17ClN2O3/c22-19-7-3-1-5-16(19)14-27-17-11-9-15(10-12-17)13-23-24-21(26)18-6-2-4-8-20(18)25/h1-13,25H,14H2,(H,24,26). The number of phenols is 1. The molecule has 0 saturated heterocycles. The Morgan fingerprint density at radius 2 is 1.74 bits per heavy atom. The fourth-order valence-corrected chi connectivity index (χ4v) is 2.51. The van der Waals surface area contributed by atoms with E-state index in [1.165, 1.54) is 18.3 Å². The molecule has 1 amide bonds. The summed E-state index contributed by atoms with van der Waals surface area (Å²) in [5, 5.41) is 14.2. The van der Waals surface area contributed by atoms with Gasteiger partial charge in [0.05, 0.1) is 11.8 Å². The number of rotatable bonds is 6. The monoisotopic (exact) mass is 380 g/mol. The van der Waals surface area contributed by atoms with Crippen molar-refractivity contribution in [1.29, 1.82) is 0 Å². The number of carbonyl (C=O) groups excluding carboxylic acids is 1. The third kappa shape index (κ3) is 5.09. The summed E-state index contributed by atoms with van der Waals surface area (Å²) >= 11 is 6.10. The highest BCUT2D eigenvalue weighted by Crippen LogP contribution is 2.19. The van der Waals surface area contributed by atoms with E-state index in [0.717, 1.165) is 11.1 Å². The van der Waals surface area contributed by atoms with Crippen molar-refractivity contribution in [1.82, 2.24) is 5.43 Å². The van der Waals surface area contributed by atoms with Gasteiger partial charge in [-0.2, -0.15) is 5.10 Å². The zero-order valence-corrected chi connectivity index (χ0v) is 15.1. The van der Waals surface area contributed by atoms with Gasteiger partial charge in [-0.05, 0) is 48.0 Å². The van der Waals surface area contributed by atoms with Crippen LogP contribution in [-0.4, -0.2) is 17.2 Å². The van der Waals surface area contributed by atoms with Gasteiger partial charge >= 0.3 is 0 Å². The Hall–Kier alpha value is -3.31. The number of para-hydroxylation sites is 1. The Kier molecular flexibility index (Phi) is 6.07. The second-order valence-corrected chi connectivity index (χ2v) is 6.07. The van der Waals surface area contributed by atoms with Gasteiger partial charge in [-0.25, -0.2) is 5.43 Å². The normalized spacial score (nSPS) is 10.7. The molecule has 3 rings (SSSR count). The van der Waals surface area contributed by atoms with E-state index < -0.39 is 5.91 Å². The minimum atomic E-state index is -0.482. The molecule has 0 saturated carbocycles. The van der Waals surface area contributed by atoms with Crippen molar-refractivity contribution in [2.75, 3.05) is 0 Å². The van der Waals surface area contributed by atoms with Crippen LogP contribution in [0.2, 0.25) is 5.02 Å². The molecule has 2 N–H and O–H groups in total. The fourth-order valence-electron chi connectivity index (χ4n) is 2.32. The SMILES string of the molecule is O=C(NN=Cc1ccc(OCc2ccccc2Cl)cc1)c1ccccc1O. The molecule has 0 unspecified atom stereocenters. The molecule has 0 atom stereocenters. The number of benzene rings is 3. The van der Waals surface area contributed by atoms with Gasteiger partial charge in [-0.1, -0.05) is 41.9 Å². The molecule has 27 heavy (non-hydrogen) atoms. The highest BCUT2D eigenvalue weighted by Gasteiger charge is 2.08. The number of hydrogen-bond acceptors (Lipinski definition) is 4. The lowest BCUT2D eigenvalue weighted by atomic mass is 10.2.